The summed E-state index contributed by atoms with van der Waals surface area (Å²) in [5.41, 5.74) is 0.286. The van der Waals surface area contributed by atoms with E-state index in [0.717, 1.165) is 0 Å². The van der Waals surface area contributed by atoms with Gasteiger partial charge >= 0.3 is 6.03 Å². The minimum Gasteiger partial charge on any atom is -0.336 e. The van der Waals surface area contributed by atoms with Gasteiger partial charge in [0.15, 0.2) is 5.25 Å². The number of urea groups is 1. The normalized spacial score (nSPS) is 19.5. The monoisotopic (exact) mass is 303 g/mol. The summed E-state index contributed by atoms with van der Waals surface area (Å²) < 4.78 is 26.3. The van der Waals surface area contributed by atoms with Crippen LogP contribution >= 0.6 is 11.6 Å². The van der Waals surface area contributed by atoms with Crippen molar-refractivity contribution in [3.8, 4) is 0 Å². The van der Waals surface area contributed by atoms with Crippen LogP contribution in [0.3, 0.4) is 0 Å². The summed E-state index contributed by atoms with van der Waals surface area (Å²) >= 11 is 5.68. The van der Waals surface area contributed by atoms with Gasteiger partial charge in [-0.2, -0.15) is 0 Å². The predicted molar refractivity (Wildman–Crippen MR) is 69.3 cm³/mol. The lowest BCUT2D eigenvalue weighted by atomic mass is 10.3. The summed E-state index contributed by atoms with van der Waals surface area (Å²) in [4.78, 5) is 22.4. The molecule has 7 nitrogen and oxygen atoms in total. The maximum atomic E-state index is 12.0. The molecule has 9 heteroatoms. The minimum atomic E-state index is -3.94. The zero-order valence-corrected chi connectivity index (χ0v) is 11.1. The molecule has 1 fully saturated rings. The second-order valence-electron chi connectivity index (χ2n) is 3.84. The van der Waals surface area contributed by atoms with Gasteiger partial charge < -0.3 is 5.32 Å². The van der Waals surface area contributed by atoms with Gasteiger partial charge in [0.25, 0.3) is 0 Å². The van der Waals surface area contributed by atoms with E-state index in [-0.39, 0.29) is 12.2 Å². The van der Waals surface area contributed by atoms with Crippen LogP contribution in [0.4, 0.5) is 10.5 Å². The summed E-state index contributed by atoms with van der Waals surface area (Å²) in [5, 5.41) is 3.24. The maximum absolute atomic E-state index is 12.0. The van der Waals surface area contributed by atoms with E-state index in [0.29, 0.717) is 5.02 Å². The molecule has 1 atom stereocenters. The van der Waals surface area contributed by atoms with Crippen molar-refractivity contribution in [2.45, 2.75) is 5.25 Å². The third kappa shape index (κ3) is 3.15. The first-order valence-electron chi connectivity index (χ1n) is 5.24. The number of carbonyl (C=O) groups is 2. The number of carbonyl (C=O) groups excluding carboxylic acids is 2. The molecular formula is C10H10ClN3O4S. The molecule has 3 amide bonds. The van der Waals surface area contributed by atoms with Gasteiger partial charge in [0, 0.05) is 17.3 Å². The largest absolute Gasteiger partial charge is 0.336 e. The second-order valence-corrected chi connectivity index (χ2v) is 6.14. The van der Waals surface area contributed by atoms with E-state index >= 15 is 0 Å². The van der Waals surface area contributed by atoms with E-state index < -0.39 is 27.2 Å². The third-order valence-corrected chi connectivity index (χ3v) is 4.36. The van der Waals surface area contributed by atoms with Gasteiger partial charge in [0.2, 0.25) is 15.9 Å². The van der Waals surface area contributed by atoms with Crippen LogP contribution in [0.1, 0.15) is 0 Å². The van der Waals surface area contributed by atoms with Crippen LogP contribution in [0.2, 0.25) is 5.02 Å². The van der Waals surface area contributed by atoms with Crippen LogP contribution in [0, 0.1) is 0 Å². The standard InChI is InChI=1S/C10H10ClN3O4S/c11-6-1-3-7(4-2-6)14-19(17,18)8-5-12-10(16)13-9(8)15/h1-4,8,14H,5H2,(H2,12,13,15,16). The van der Waals surface area contributed by atoms with E-state index in [9.17, 15) is 18.0 Å². The molecule has 1 aromatic rings. The molecule has 1 aliphatic rings. The van der Waals surface area contributed by atoms with Gasteiger partial charge in [-0.15, -0.1) is 0 Å². The summed E-state index contributed by atoms with van der Waals surface area (Å²) in [6.45, 7) is -0.270. The molecule has 0 radical (unpaired) electrons. The van der Waals surface area contributed by atoms with E-state index in [2.05, 4.69) is 10.0 Å². The van der Waals surface area contributed by atoms with Crippen LogP contribution in [0.5, 0.6) is 0 Å². The van der Waals surface area contributed by atoms with Crippen molar-refractivity contribution in [2.75, 3.05) is 11.3 Å². The highest BCUT2D eigenvalue weighted by molar-refractivity contribution is 7.94. The van der Waals surface area contributed by atoms with Gasteiger partial charge in [0.05, 0.1) is 0 Å². The van der Waals surface area contributed by atoms with Crippen molar-refractivity contribution in [1.29, 1.82) is 0 Å². The molecule has 0 aliphatic carbocycles. The smallest absolute Gasteiger partial charge is 0.321 e. The lowest BCUT2D eigenvalue weighted by Crippen LogP contribution is -2.58. The van der Waals surface area contributed by atoms with Gasteiger partial charge in [-0.05, 0) is 24.3 Å². The number of nitrogens with one attached hydrogen (secondary N) is 3. The molecule has 1 aliphatic heterocycles. The van der Waals surface area contributed by atoms with Crippen LogP contribution in [-0.4, -0.2) is 32.2 Å². The van der Waals surface area contributed by atoms with Gasteiger partial charge in [-0.25, -0.2) is 13.2 Å². The zero-order chi connectivity index (χ0) is 14.0. The van der Waals surface area contributed by atoms with Crippen molar-refractivity contribution in [2.24, 2.45) is 0 Å². The molecule has 102 valence electrons. The molecule has 1 saturated heterocycles. The average molecular weight is 304 g/mol. The van der Waals surface area contributed by atoms with E-state index in [1.165, 1.54) is 24.3 Å². The SMILES string of the molecule is O=C1NCC(S(=O)(=O)Nc2ccc(Cl)cc2)C(=O)N1. The summed E-state index contributed by atoms with van der Waals surface area (Å²) in [5.74, 6) is -0.856. The van der Waals surface area contributed by atoms with E-state index in [4.69, 9.17) is 11.6 Å². The molecule has 1 heterocycles. The number of halogens is 1. The number of imide groups is 1. The Kier molecular flexibility index (Phi) is 3.63. The Morgan fingerprint density at radius 3 is 2.42 bits per heavy atom. The maximum Gasteiger partial charge on any atom is 0.321 e. The number of hydrogen-bond donors (Lipinski definition) is 3. The van der Waals surface area contributed by atoms with E-state index in [1.807, 2.05) is 5.32 Å². The fourth-order valence-corrected chi connectivity index (χ4v) is 2.89. The molecule has 0 spiro atoms. The van der Waals surface area contributed by atoms with Gasteiger partial charge in [-0.3, -0.25) is 14.8 Å². The molecule has 0 bridgehead atoms. The van der Waals surface area contributed by atoms with Crippen molar-refractivity contribution < 1.29 is 18.0 Å². The predicted octanol–water partition coefficient (Wildman–Crippen LogP) is 0.290. The number of amides is 3. The van der Waals surface area contributed by atoms with Crippen molar-refractivity contribution in [3.63, 3.8) is 0 Å². The number of benzene rings is 1. The summed E-state index contributed by atoms with van der Waals surface area (Å²) in [6.07, 6.45) is 0. The second kappa shape index (κ2) is 5.06. The molecule has 19 heavy (non-hydrogen) atoms. The molecule has 1 unspecified atom stereocenters. The quantitative estimate of drug-likeness (QED) is 0.746. The molecular weight excluding hydrogens is 294 g/mol. The van der Waals surface area contributed by atoms with E-state index in [1.54, 1.807) is 0 Å². The summed E-state index contributed by atoms with van der Waals surface area (Å²) in [6, 6.07) is 5.27. The first-order chi connectivity index (χ1) is 8.88. The topological polar surface area (TPSA) is 104 Å². The number of rotatable bonds is 3. The zero-order valence-electron chi connectivity index (χ0n) is 9.51. The third-order valence-electron chi connectivity index (χ3n) is 2.46. The summed E-state index contributed by atoms with van der Waals surface area (Å²) in [7, 11) is -3.94. The number of anilines is 1. The fraction of sp³-hybridized carbons (Fsp3) is 0.200. The molecule has 0 saturated carbocycles. The van der Waals surface area contributed by atoms with Gasteiger partial charge in [-0.1, -0.05) is 11.6 Å². The molecule has 1 aromatic carbocycles. The molecule has 0 aromatic heterocycles. The lowest BCUT2D eigenvalue weighted by molar-refractivity contribution is -0.120. The first-order valence-corrected chi connectivity index (χ1v) is 7.17. The highest BCUT2D eigenvalue weighted by Crippen LogP contribution is 2.16. The van der Waals surface area contributed by atoms with Crippen molar-refractivity contribution in [3.05, 3.63) is 29.3 Å². The minimum absolute atomic E-state index is 0.270. The Morgan fingerprint density at radius 1 is 1.21 bits per heavy atom. The van der Waals surface area contributed by atoms with Crippen LogP contribution < -0.4 is 15.4 Å². The Morgan fingerprint density at radius 2 is 1.84 bits per heavy atom. The average Bonchev–Trinajstić information content (AvgIpc) is 2.31. The Bertz CT molecular complexity index is 614. The van der Waals surface area contributed by atoms with Crippen molar-refractivity contribution in [1.82, 2.24) is 10.6 Å². The number of hydrogen-bond acceptors (Lipinski definition) is 4. The highest BCUT2D eigenvalue weighted by Gasteiger charge is 2.37. The molecule has 2 rings (SSSR count). The van der Waals surface area contributed by atoms with Crippen molar-refractivity contribution >= 4 is 39.2 Å². The Labute approximate surface area is 114 Å². The van der Waals surface area contributed by atoms with Crippen LogP contribution in [-0.2, 0) is 14.8 Å². The highest BCUT2D eigenvalue weighted by atomic mass is 35.5. The molecule has 3 N–H and O–H groups in total. The van der Waals surface area contributed by atoms with Gasteiger partial charge in [0.1, 0.15) is 0 Å². The first kappa shape index (κ1) is 13.6. The Balaban J connectivity index is 2.16. The number of sulfonamides is 1. The van der Waals surface area contributed by atoms with Crippen LogP contribution in [0.25, 0.3) is 0 Å². The van der Waals surface area contributed by atoms with Crippen LogP contribution in [0.15, 0.2) is 24.3 Å². The Hall–Kier alpha value is -1.80. The lowest BCUT2D eigenvalue weighted by Gasteiger charge is -2.22. The fourth-order valence-electron chi connectivity index (χ4n) is 1.52.